The lowest BCUT2D eigenvalue weighted by atomic mass is 10.0. The van der Waals surface area contributed by atoms with Crippen LogP contribution in [0.2, 0.25) is 5.02 Å². The minimum Gasteiger partial charge on any atom is -0.309 e. The highest BCUT2D eigenvalue weighted by Crippen LogP contribution is 2.25. The molecule has 0 aliphatic carbocycles. The first-order chi connectivity index (χ1) is 9.63. The van der Waals surface area contributed by atoms with Gasteiger partial charge < -0.3 is 5.32 Å². The van der Waals surface area contributed by atoms with Gasteiger partial charge in [0, 0.05) is 11.8 Å². The SMILES string of the molecule is CCNC(Cc1c(F)cccc1F)c1ncccc1Cl. The monoisotopic (exact) mass is 296 g/mol. The molecule has 2 nitrogen and oxygen atoms in total. The van der Waals surface area contributed by atoms with Gasteiger partial charge in [-0.15, -0.1) is 0 Å². The van der Waals surface area contributed by atoms with Gasteiger partial charge in [0.2, 0.25) is 0 Å². The first-order valence-electron chi connectivity index (χ1n) is 6.40. The number of benzene rings is 1. The van der Waals surface area contributed by atoms with E-state index in [2.05, 4.69) is 10.3 Å². The van der Waals surface area contributed by atoms with Crippen molar-refractivity contribution in [1.29, 1.82) is 0 Å². The third-order valence-corrected chi connectivity index (χ3v) is 3.36. The Labute approximate surface area is 121 Å². The summed E-state index contributed by atoms with van der Waals surface area (Å²) in [5, 5.41) is 3.64. The van der Waals surface area contributed by atoms with Crippen LogP contribution < -0.4 is 5.32 Å². The summed E-state index contributed by atoms with van der Waals surface area (Å²) in [6, 6.07) is 6.96. The molecule has 1 unspecified atom stereocenters. The Balaban J connectivity index is 2.33. The lowest BCUT2D eigenvalue weighted by Gasteiger charge is -2.19. The zero-order chi connectivity index (χ0) is 14.5. The summed E-state index contributed by atoms with van der Waals surface area (Å²) < 4.78 is 27.5. The van der Waals surface area contributed by atoms with Gasteiger partial charge in [-0.25, -0.2) is 8.78 Å². The maximum atomic E-state index is 13.7. The minimum atomic E-state index is -0.556. The molecule has 1 aromatic heterocycles. The number of nitrogens with one attached hydrogen (secondary N) is 1. The fourth-order valence-corrected chi connectivity index (χ4v) is 2.35. The van der Waals surface area contributed by atoms with Crippen LogP contribution in [0.3, 0.4) is 0 Å². The van der Waals surface area contributed by atoms with Gasteiger partial charge >= 0.3 is 0 Å². The molecule has 0 spiro atoms. The molecule has 106 valence electrons. The van der Waals surface area contributed by atoms with E-state index in [4.69, 9.17) is 11.6 Å². The van der Waals surface area contributed by atoms with Crippen molar-refractivity contribution in [2.24, 2.45) is 0 Å². The Hall–Kier alpha value is -1.52. The summed E-state index contributed by atoms with van der Waals surface area (Å²) in [4.78, 5) is 4.21. The highest BCUT2D eigenvalue weighted by Gasteiger charge is 2.19. The van der Waals surface area contributed by atoms with Gasteiger partial charge in [0.1, 0.15) is 11.6 Å². The van der Waals surface area contributed by atoms with Gasteiger partial charge in [0.05, 0.1) is 16.8 Å². The van der Waals surface area contributed by atoms with E-state index in [0.717, 1.165) is 0 Å². The largest absolute Gasteiger partial charge is 0.309 e. The minimum absolute atomic E-state index is 0.0418. The third kappa shape index (κ3) is 3.32. The van der Waals surface area contributed by atoms with Gasteiger partial charge in [0.15, 0.2) is 0 Å². The molecule has 2 aromatic rings. The van der Waals surface area contributed by atoms with E-state index in [1.165, 1.54) is 18.2 Å². The van der Waals surface area contributed by atoms with Crippen molar-refractivity contribution < 1.29 is 8.78 Å². The first-order valence-corrected chi connectivity index (χ1v) is 6.78. The molecule has 1 aromatic carbocycles. The average Bonchev–Trinajstić information content (AvgIpc) is 2.43. The molecule has 0 radical (unpaired) electrons. The maximum absolute atomic E-state index is 13.7. The molecule has 0 fully saturated rings. The Morgan fingerprint density at radius 1 is 1.20 bits per heavy atom. The number of hydrogen-bond donors (Lipinski definition) is 1. The van der Waals surface area contributed by atoms with Crippen LogP contribution in [-0.4, -0.2) is 11.5 Å². The topological polar surface area (TPSA) is 24.9 Å². The van der Waals surface area contributed by atoms with Crippen LogP contribution in [0.25, 0.3) is 0 Å². The van der Waals surface area contributed by atoms with Crippen molar-refractivity contribution in [3.8, 4) is 0 Å². The van der Waals surface area contributed by atoms with Crippen LogP contribution >= 0.6 is 11.6 Å². The molecule has 0 aliphatic heterocycles. The third-order valence-electron chi connectivity index (χ3n) is 3.04. The predicted octanol–water partition coefficient (Wildman–Crippen LogP) is 3.91. The summed E-state index contributed by atoms with van der Waals surface area (Å²) in [5.41, 5.74) is 0.638. The standard InChI is InChI=1S/C15H15ClF2N2/c1-2-19-14(15-11(16)5-4-8-20-15)9-10-12(17)6-3-7-13(10)18/h3-8,14,19H,2,9H2,1H3. The van der Waals surface area contributed by atoms with Crippen molar-refractivity contribution in [3.05, 3.63) is 64.4 Å². The van der Waals surface area contributed by atoms with Crippen LogP contribution in [0, 0.1) is 11.6 Å². The first kappa shape index (κ1) is 14.9. The number of pyridine rings is 1. The molecule has 0 saturated heterocycles. The Bertz CT molecular complexity index is 570. The van der Waals surface area contributed by atoms with Crippen molar-refractivity contribution in [1.82, 2.24) is 10.3 Å². The van der Waals surface area contributed by atoms with Gasteiger partial charge in [0.25, 0.3) is 0 Å². The number of nitrogens with zero attached hydrogens (tertiary/aromatic N) is 1. The van der Waals surface area contributed by atoms with E-state index in [1.807, 2.05) is 6.92 Å². The number of halogens is 3. The summed E-state index contributed by atoms with van der Waals surface area (Å²) in [6.07, 6.45) is 1.77. The number of hydrogen-bond acceptors (Lipinski definition) is 2. The molecule has 0 amide bonds. The van der Waals surface area contributed by atoms with Gasteiger partial charge in [-0.2, -0.15) is 0 Å². The number of aromatic nitrogens is 1. The lowest BCUT2D eigenvalue weighted by Crippen LogP contribution is -2.25. The summed E-state index contributed by atoms with van der Waals surface area (Å²) in [6.45, 7) is 2.56. The van der Waals surface area contributed by atoms with Gasteiger partial charge in [-0.1, -0.05) is 24.6 Å². The molecular weight excluding hydrogens is 282 g/mol. The number of likely N-dealkylation sites (N-methyl/N-ethyl adjacent to an activating group) is 1. The zero-order valence-electron chi connectivity index (χ0n) is 11.0. The Morgan fingerprint density at radius 3 is 2.50 bits per heavy atom. The Morgan fingerprint density at radius 2 is 1.90 bits per heavy atom. The van der Waals surface area contributed by atoms with Crippen LogP contribution in [0.15, 0.2) is 36.5 Å². The molecular formula is C15H15ClF2N2. The van der Waals surface area contributed by atoms with Crippen molar-refractivity contribution in [2.45, 2.75) is 19.4 Å². The van der Waals surface area contributed by atoms with E-state index in [-0.39, 0.29) is 18.0 Å². The predicted molar refractivity (Wildman–Crippen MR) is 75.7 cm³/mol. The maximum Gasteiger partial charge on any atom is 0.129 e. The zero-order valence-corrected chi connectivity index (χ0v) is 11.8. The van der Waals surface area contributed by atoms with Crippen molar-refractivity contribution in [3.63, 3.8) is 0 Å². The lowest BCUT2D eigenvalue weighted by molar-refractivity contribution is 0.492. The normalized spacial score (nSPS) is 12.4. The second-order valence-corrected chi connectivity index (χ2v) is 4.79. The van der Waals surface area contributed by atoms with E-state index in [9.17, 15) is 8.78 Å². The van der Waals surface area contributed by atoms with Crippen LogP contribution in [0.4, 0.5) is 8.78 Å². The van der Waals surface area contributed by atoms with Crippen LogP contribution in [0.1, 0.15) is 24.2 Å². The highest BCUT2D eigenvalue weighted by molar-refractivity contribution is 6.31. The quantitative estimate of drug-likeness (QED) is 0.905. The molecule has 5 heteroatoms. The van der Waals surface area contributed by atoms with E-state index < -0.39 is 11.6 Å². The van der Waals surface area contributed by atoms with Crippen LogP contribution in [0.5, 0.6) is 0 Å². The molecule has 1 N–H and O–H groups in total. The Kier molecular flexibility index (Phi) is 5.04. The molecule has 0 aliphatic rings. The van der Waals surface area contributed by atoms with E-state index >= 15 is 0 Å². The molecule has 0 saturated carbocycles. The fraction of sp³-hybridized carbons (Fsp3) is 0.267. The van der Waals surface area contributed by atoms with Crippen LogP contribution in [-0.2, 0) is 6.42 Å². The average molecular weight is 297 g/mol. The van der Waals surface area contributed by atoms with Gasteiger partial charge in [-0.05, 0) is 37.2 Å². The second kappa shape index (κ2) is 6.77. The number of rotatable bonds is 5. The highest BCUT2D eigenvalue weighted by atomic mass is 35.5. The molecule has 1 atom stereocenters. The van der Waals surface area contributed by atoms with E-state index in [0.29, 0.717) is 17.3 Å². The summed E-state index contributed by atoms with van der Waals surface area (Å²) in [5.74, 6) is -1.11. The van der Waals surface area contributed by atoms with E-state index in [1.54, 1.807) is 18.3 Å². The fourth-order valence-electron chi connectivity index (χ4n) is 2.10. The molecule has 0 bridgehead atoms. The molecule has 1 heterocycles. The van der Waals surface area contributed by atoms with Gasteiger partial charge in [-0.3, -0.25) is 4.98 Å². The molecule has 20 heavy (non-hydrogen) atoms. The second-order valence-electron chi connectivity index (χ2n) is 4.39. The summed E-state index contributed by atoms with van der Waals surface area (Å²) >= 11 is 6.11. The van der Waals surface area contributed by atoms with Crippen molar-refractivity contribution >= 4 is 11.6 Å². The van der Waals surface area contributed by atoms with Crippen molar-refractivity contribution in [2.75, 3.05) is 6.54 Å². The smallest absolute Gasteiger partial charge is 0.129 e. The summed E-state index contributed by atoms with van der Waals surface area (Å²) in [7, 11) is 0. The molecule has 2 rings (SSSR count).